The number of amidine groups is 1. The minimum atomic E-state index is 0.460. The molecule has 5 nitrogen and oxygen atoms in total. The molecule has 0 heterocycles. The first-order valence-corrected chi connectivity index (χ1v) is 11.0. The number of methoxy groups -OCH3 is 1. The third kappa shape index (κ3) is 6.40. The monoisotopic (exact) mass is 454 g/mol. The minimum Gasteiger partial charge on any atom is -0.496 e. The Bertz CT molecular complexity index is 1100. The summed E-state index contributed by atoms with van der Waals surface area (Å²) in [5.41, 5.74) is 8.09. The lowest BCUT2D eigenvalue weighted by Crippen LogP contribution is -2.23. The fourth-order valence-corrected chi connectivity index (χ4v) is 3.83. The van der Waals surface area contributed by atoms with E-state index in [0.29, 0.717) is 10.9 Å². The van der Waals surface area contributed by atoms with Gasteiger partial charge >= 0.3 is 0 Å². The summed E-state index contributed by atoms with van der Waals surface area (Å²) >= 11 is 7.48. The minimum absolute atomic E-state index is 0.460. The normalized spacial score (nSPS) is 12.1. The molecule has 0 aliphatic rings. The topological polar surface area (TPSA) is 62.9 Å². The van der Waals surface area contributed by atoms with Gasteiger partial charge in [0.05, 0.1) is 7.11 Å². The average Bonchev–Trinajstić information content (AvgIpc) is 2.76. The van der Waals surface area contributed by atoms with Gasteiger partial charge in [-0.25, -0.2) is 0 Å². The standard InChI is InChI=1S/C24H27ClN4OS/c1-29(2)14-13-27-12-11-24(26)28-31-19-8-10-20-17(15-19)5-4-6-21(20)22-9-7-18(25)16-23(22)30-3/h4-12,15-16,27H,13-14H2,1-3H3,(H2,26,28)/b12-11-. The number of likely N-dealkylation sites (N-methyl/N-ethyl adjacent to an activating group) is 1. The van der Waals surface area contributed by atoms with Gasteiger partial charge in [0.1, 0.15) is 11.6 Å². The first kappa shape index (κ1) is 23.0. The zero-order valence-electron chi connectivity index (χ0n) is 17.9. The Balaban J connectivity index is 1.76. The van der Waals surface area contributed by atoms with E-state index in [-0.39, 0.29) is 0 Å². The summed E-state index contributed by atoms with van der Waals surface area (Å²) in [6, 6.07) is 18.2. The molecule has 3 aromatic rings. The van der Waals surface area contributed by atoms with E-state index in [1.165, 1.54) is 11.9 Å². The van der Waals surface area contributed by atoms with E-state index in [1.54, 1.807) is 13.2 Å². The Morgan fingerprint density at radius 1 is 1.16 bits per heavy atom. The van der Waals surface area contributed by atoms with E-state index in [4.69, 9.17) is 22.1 Å². The predicted molar refractivity (Wildman–Crippen MR) is 134 cm³/mol. The summed E-state index contributed by atoms with van der Waals surface area (Å²) in [4.78, 5) is 3.13. The molecule has 0 saturated heterocycles. The molecule has 7 heteroatoms. The summed E-state index contributed by atoms with van der Waals surface area (Å²) in [7, 11) is 5.73. The van der Waals surface area contributed by atoms with Crippen molar-refractivity contribution < 1.29 is 4.74 Å². The summed E-state index contributed by atoms with van der Waals surface area (Å²) in [5.74, 6) is 1.21. The van der Waals surface area contributed by atoms with Crippen molar-refractivity contribution in [2.45, 2.75) is 4.90 Å². The van der Waals surface area contributed by atoms with Gasteiger partial charge in [-0.1, -0.05) is 35.9 Å². The quantitative estimate of drug-likeness (QED) is 0.201. The Labute approximate surface area is 193 Å². The molecular weight excluding hydrogens is 428 g/mol. The smallest absolute Gasteiger partial charge is 0.133 e. The molecule has 0 saturated carbocycles. The molecule has 3 aromatic carbocycles. The second-order valence-corrected chi connectivity index (χ2v) is 8.50. The van der Waals surface area contributed by atoms with Gasteiger partial charge in [0.2, 0.25) is 0 Å². The summed E-state index contributed by atoms with van der Waals surface area (Å²) < 4.78 is 9.93. The van der Waals surface area contributed by atoms with Gasteiger partial charge in [0, 0.05) is 46.7 Å². The largest absolute Gasteiger partial charge is 0.496 e. The van der Waals surface area contributed by atoms with Crippen molar-refractivity contribution >= 4 is 40.2 Å². The number of benzene rings is 3. The number of hydrogen-bond acceptors (Lipinski definition) is 5. The molecule has 0 amide bonds. The third-order valence-corrected chi connectivity index (χ3v) is 5.64. The van der Waals surface area contributed by atoms with Gasteiger partial charge in [-0.15, -0.1) is 0 Å². The summed E-state index contributed by atoms with van der Waals surface area (Å²) in [6.45, 7) is 1.81. The molecule has 0 aliphatic carbocycles. The maximum atomic E-state index is 6.13. The maximum absolute atomic E-state index is 6.13. The van der Waals surface area contributed by atoms with Gasteiger partial charge in [-0.05, 0) is 66.8 Å². The van der Waals surface area contributed by atoms with E-state index < -0.39 is 0 Å². The highest BCUT2D eigenvalue weighted by atomic mass is 35.5. The fourth-order valence-electron chi connectivity index (χ4n) is 3.09. The van der Waals surface area contributed by atoms with E-state index in [1.807, 2.05) is 44.6 Å². The molecule has 0 spiro atoms. The highest BCUT2D eigenvalue weighted by Gasteiger charge is 2.10. The fraction of sp³-hybridized carbons (Fsp3) is 0.208. The van der Waals surface area contributed by atoms with E-state index in [9.17, 15) is 0 Å². The molecule has 0 aliphatic heterocycles. The van der Waals surface area contributed by atoms with Gasteiger partial charge in [0.15, 0.2) is 0 Å². The van der Waals surface area contributed by atoms with Crippen molar-refractivity contribution in [3.05, 3.63) is 71.9 Å². The van der Waals surface area contributed by atoms with Crippen LogP contribution in [0.3, 0.4) is 0 Å². The second-order valence-electron chi connectivity index (χ2n) is 7.23. The Kier molecular flexibility index (Phi) is 8.23. The average molecular weight is 455 g/mol. The van der Waals surface area contributed by atoms with Crippen LogP contribution in [0.2, 0.25) is 5.02 Å². The van der Waals surface area contributed by atoms with Crippen LogP contribution in [0.5, 0.6) is 5.75 Å². The van der Waals surface area contributed by atoms with Gasteiger partial charge in [0.25, 0.3) is 0 Å². The zero-order valence-corrected chi connectivity index (χ0v) is 19.5. The van der Waals surface area contributed by atoms with Crippen molar-refractivity contribution in [3.8, 4) is 16.9 Å². The number of halogens is 1. The van der Waals surface area contributed by atoms with Crippen LogP contribution in [0, 0.1) is 0 Å². The molecule has 0 aromatic heterocycles. The number of nitrogens with one attached hydrogen (secondary N) is 1. The molecule has 162 valence electrons. The van der Waals surface area contributed by atoms with Crippen LogP contribution in [0.4, 0.5) is 0 Å². The zero-order chi connectivity index (χ0) is 22.2. The van der Waals surface area contributed by atoms with Crippen molar-refractivity contribution in [2.24, 2.45) is 10.1 Å². The molecule has 3 N–H and O–H groups in total. The van der Waals surface area contributed by atoms with Crippen LogP contribution in [0.25, 0.3) is 21.9 Å². The number of nitrogens with zero attached hydrogens (tertiary/aromatic N) is 2. The van der Waals surface area contributed by atoms with Crippen LogP contribution in [0.1, 0.15) is 0 Å². The number of nitrogens with two attached hydrogens (primary N) is 1. The van der Waals surface area contributed by atoms with Crippen LogP contribution in [-0.2, 0) is 0 Å². The molecule has 3 rings (SSSR count). The van der Waals surface area contributed by atoms with E-state index in [0.717, 1.165) is 45.6 Å². The van der Waals surface area contributed by atoms with E-state index >= 15 is 0 Å². The molecule has 31 heavy (non-hydrogen) atoms. The Hall–Kier alpha value is -2.67. The van der Waals surface area contributed by atoms with Crippen molar-refractivity contribution in [1.82, 2.24) is 10.2 Å². The highest BCUT2D eigenvalue weighted by molar-refractivity contribution is 7.98. The predicted octanol–water partition coefficient (Wildman–Crippen LogP) is 5.20. The lowest BCUT2D eigenvalue weighted by Gasteiger charge is -2.12. The van der Waals surface area contributed by atoms with Crippen LogP contribution in [-0.4, -0.2) is 45.0 Å². The number of rotatable bonds is 9. The van der Waals surface area contributed by atoms with Crippen LogP contribution in [0.15, 0.2) is 76.2 Å². The molecule has 0 bridgehead atoms. The highest BCUT2D eigenvalue weighted by Crippen LogP contribution is 2.37. The van der Waals surface area contributed by atoms with Gasteiger partial charge in [-0.3, -0.25) is 0 Å². The Morgan fingerprint density at radius 3 is 2.77 bits per heavy atom. The van der Waals surface area contributed by atoms with Crippen LogP contribution < -0.4 is 15.8 Å². The number of hydrogen-bond donors (Lipinski definition) is 2. The third-order valence-electron chi connectivity index (χ3n) is 4.64. The molecule has 0 unspecified atom stereocenters. The SMILES string of the molecule is COc1cc(Cl)ccc1-c1cccc2cc(S/N=C(N)/C=C\NCCN(C)C)ccc12. The number of fused-ring (bicyclic) bond motifs is 1. The first-order chi connectivity index (χ1) is 15.0. The number of ether oxygens (including phenoxy) is 1. The summed E-state index contributed by atoms with van der Waals surface area (Å²) in [6.07, 6.45) is 3.60. The van der Waals surface area contributed by atoms with Gasteiger partial charge in [-0.2, -0.15) is 4.40 Å². The molecule has 0 atom stereocenters. The van der Waals surface area contributed by atoms with Crippen molar-refractivity contribution in [2.75, 3.05) is 34.3 Å². The van der Waals surface area contributed by atoms with Gasteiger partial charge < -0.3 is 20.7 Å². The Morgan fingerprint density at radius 2 is 2.00 bits per heavy atom. The van der Waals surface area contributed by atoms with Crippen molar-refractivity contribution in [3.63, 3.8) is 0 Å². The lowest BCUT2D eigenvalue weighted by atomic mass is 9.97. The maximum Gasteiger partial charge on any atom is 0.133 e. The first-order valence-electron chi connectivity index (χ1n) is 9.90. The summed E-state index contributed by atoms with van der Waals surface area (Å²) in [5, 5.41) is 6.10. The van der Waals surface area contributed by atoms with Crippen molar-refractivity contribution in [1.29, 1.82) is 0 Å². The molecule has 0 fully saturated rings. The lowest BCUT2D eigenvalue weighted by molar-refractivity contribution is 0.410. The molecule has 0 radical (unpaired) electrons. The van der Waals surface area contributed by atoms with E-state index in [2.05, 4.69) is 44.9 Å². The molecular formula is C24H27ClN4OS. The second kappa shape index (κ2) is 11.1. The van der Waals surface area contributed by atoms with Crippen LogP contribution >= 0.6 is 23.5 Å².